The van der Waals surface area contributed by atoms with E-state index in [1.807, 2.05) is 20.8 Å². The van der Waals surface area contributed by atoms with E-state index in [9.17, 15) is 14.7 Å². The molecule has 0 saturated heterocycles. The van der Waals surface area contributed by atoms with E-state index in [4.69, 9.17) is 0 Å². The van der Waals surface area contributed by atoms with Crippen molar-refractivity contribution >= 4 is 12.0 Å². The largest absolute Gasteiger partial charge is 0.480 e. The van der Waals surface area contributed by atoms with Gasteiger partial charge in [0.15, 0.2) is 0 Å². The number of nitrogens with one attached hydrogen (secondary N) is 1. The van der Waals surface area contributed by atoms with E-state index in [0.717, 1.165) is 18.4 Å². The number of aliphatic carboxylic acids is 1. The van der Waals surface area contributed by atoms with Crippen LogP contribution in [0.25, 0.3) is 0 Å². The van der Waals surface area contributed by atoms with Crippen molar-refractivity contribution in [3.8, 4) is 0 Å². The van der Waals surface area contributed by atoms with Crippen LogP contribution in [0, 0.1) is 5.92 Å². The van der Waals surface area contributed by atoms with Gasteiger partial charge in [-0.1, -0.05) is 31.9 Å². The number of carboxylic acids is 1. The molecule has 1 saturated carbocycles. The summed E-state index contributed by atoms with van der Waals surface area (Å²) in [6.07, 6.45) is 2.86. The summed E-state index contributed by atoms with van der Waals surface area (Å²) in [7, 11) is 0. The maximum absolute atomic E-state index is 12.3. The second-order valence-electron chi connectivity index (χ2n) is 5.99. The molecule has 0 radical (unpaired) electrons. The number of hydrogen-bond donors (Lipinski definition) is 2. The number of urea groups is 1. The van der Waals surface area contributed by atoms with Gasteiger partial charge in [0.2, 0.25) is 0 Å². The number of amides is 2. The van der Waals surface area contributed by atoms with Crippen molar-refractivity contribution in [3.05, 3.63) is 12.2 Å². The Labute approximate surface area is 121 Å². The third-order valence-electron chi connectivity index (χ3n) is 3.88. The van der Waals surface area contributed by atoms with Gasteiger partial charge in [-0.15, -0.1) is 0 Å². The average molecular weight is 282 g/mol. The highest BCUT2D eigenvalue weighted by atomic mass is 16.4. The lowest BCUT2D eigenvalue weighted by Gasteiger charge is -2.38. The minimum absolute atomic E-state index is 0.313. The first-order valence-corrected chi connectivity index (χ1v) is 7.25. The number of carbonyl (C=O) groups is 2. The quantitative estimate of drug-likeness (QED) is 0.762. The summed E-state index contributed by atoms with van der Waals surface area (Å²) in [5.41, 5.74) is -0.236. The number of carboxylic acid groups (broad SMARTS) is 1. The van der Waals surface area contributed by atoms with Crippen LogP contribution < -0.4 is 5.32 Å². The summed E-state index contributed by atoms with van der Waals surface area (Å²) in [6.45, 7) is 10.5. The van der Waals surface area contributed by atoms with Crippen LogP contribution >= 0.6 is 0 Å². The summed E-state index contributed by atoms with van der Waals surface area (Å²) >= 11 is 0. The second-order valence-corrected chi connectivity index (χ2v) is 5.99. The molecule has 1 aliphatic rings. The maximum Gasteiger partial charge on any atom is 0.329 e. The zero-order chi connectivity index (χ0) is 15.3. The molecule has 0 aromatic carbocycles. The van der Waals surface area contributed by atoms with Crippen molar-refractivity contribution in [2.24, 2.45) is 5.92 Å². The second kappa shape index (κ2) is 6.77. The summed E-state index contributed by atoms with van der Waals surface area (Å²) in [5, 5.41) is 12.3. The Hall–Kier alpha value is -1.52. The molecule has 114 valence electrons. The molecule has 0 aromatic heterocycles. The Morgan fingerprint density at radius 1 is 1.50 bits per heavy atom. The molecule has 0 bridgehead atoms. The summed E-state index contributed by atoms with van der Waals surface area (Å²) < 4.78 is 0. The standard InChI is InChI=1S/C15H26N2O3/c1-5-17(10-11(2)3)14(20)16-15(13(18)19)8-6-7-12(4)9-15/h12H,2,5-10H2,1,3-4H3,(H,16,20)(H,18,19). The number of likely N-dealkylation sites (N-methyl/N-ethyl adjacent to an activating group) is 1. The van der Waals surface area contributed by atoms with Gasteiger partial charge in [-0.05, 0) is 32.6 Å². The van der Waals surface area contributed by atoms with E-state index in [0.29, 0.717) is 31.8 Å². The molecule has 2 N–H and O–H groups in total. The van der Waals surface area contributed by atoms with Gasteiger partial charge in [-0.2, -0.15) is 0 Å². The van der Waals surface area contributed by atoms with E-state index in [1.165, 1.54) is 0 Å². The van der Waals surface area contributed by atoms with Crippen molar-refractivity contribution < 1.29 is 14.7 Å². The van der Waals surface area contributed by atoms with Gasteiger partial charge in [0.1, 0.15) is 5.54 Å². The fraction of sp³-hybridized carbons (Fsp3) is 0.733. The minimum atomic E-state index is -1.11. The maximum atomic E-state index is 12.3. The Morgan fingerprint density at radius 3 is 2.60 bits per heavy atom. The summed E-state index contributed by atoms with van der Waals surface area (Å²) in [4.78, 5) is 25.5. The summed E-state index contributed by atoms with van der Waals surface area (Å²) in [6, 6.07) is -0.313. The van der Waals surface area contributed by atoms with Crippen LogP contribution in [0.5, 0.6) is 0 Å². The third-order valence-corrected chi connectivity index (χ3v) is 3.88. The lowest BCUT2D eigenvalue weighted by atomic mass is 9.76. The first-order valence-electron chi connectivity index (χ1n) is 7.25. The number of hydrogen-bond acceptors (Lipinski definition) is 2. The predicted octanol–water partition coefficient (Wildman–Crippen LogP) is 2.63. The van der Waals surface area contributed by atoms with Crippen LogP contribution in [0.1, 0.15) is 46.5 Å². The molecule has 1 fully saturated rings. The van der Waals surface area contributed by atoms with Crippen molar-refractivity contribution in [1.29, 1.82) is 0 Å². The Morgan fingerprint density at radius 2 is 2.15 bits per heavy atom. The highest BCUT2D eigenvalue weighted by molar-refractivity contribution is 5.86. The van der Waals surface area contributed by atoms with E-state index in [2.05, 4.69) is 11.9 Å². The van der Waals surface area contributed by atoms with Crippen molar-refractivity contribution in [2.75, 3.05) is 13.1 Å². The lowest BCUT2D eigenvalue weighted by molar-refractivity contribution is -0.146. The van der Waals surface area contributed by atoms with Crippen molar-refractivity contribution in [1.82, 2.24) is 10.2 Å². The van der Waals surface area contributed by atoms with E-state index < -0.39 is 11.5 Å². The molecule has 5 heteroatoms. The zero-order valence-electron chi connectivity index (χ0n) is 12.7. The van der Waals surface area contributed by atoms with E-state index in [-0.39, 0.29) is 6.03 Å². The first-order chi connectivity index (χ1) is 9.30. The van der Waals surface area contributed by atoms with Gasteiger partial charge in [0.05, 0.1) is 0 Å². The van der Waals surface area contributed by atoms with Gasteiger partial charge >= 0.3 is 12.0 Å². The fourth-order valence-corrected chi connectivity index (χ4v) is 2.85. The lowest BCUT2D eigenvalue weighted by Crippen LogP contribution is -2.59. The molecule has 2 atom stereocenters. The van der Waals surface area contributed by atoms with Gasteiger partial charge in [-0.3, -0.25) is 0 Å². The van der Waals surface area contributed by atoms with Gasteiger partial charge < -0.3 is 15.3 Å². The molecule has 0 heterocycles. The molecule has 2 unspecified atom stereocenters. The van der Waals surface area contributed by atoms with Crippen LogP contribution in [0.4, 0.5) is 4.79 Å². The third kappa shape index (κ3) is 3.99. The molecule has 20 heavy (non-hydrogen) atoms. The van der Waals surface area contributed by atoms with Crippen LogP contribution in [-0.2, 0) is 4.79 Å². The van der Waals surface area contributed by atoms with Gasteiger partial charge in [-0.25, -0.2) is 9.59 Å². The SMILES string of the molecule is C=C(C)CN(CC)C(=O)NC1(C(=O)O)CCCC(C)C1. The molecule has 0 aliphatic heterocycles. The van der Waals surface area contributed by atoms with E-state index in [1.54, 1.807) is 4.90 Å². The molecule has 1 rings (SSSR count). The molecule has 2 amide bonds. The Bertz CT molecular complexity index is 395. The predicted molar refractivity (Wildman–Crippen MR) is 78.6 cm³/mol. The van der Waals surface area contributed by atoms with E-state index >= 15 is 0 Å². The molecule has 5 nitrogen and oxygen atoms in total. The van der Waals surface area contributed by atoms with Crippen LogP contribution in [-0.4, -0.2) is 40.6 Å². The van der Waals surface area contributed by atoms with Crippen molar-refractivity contribution in [3.63, 3.8) is 0 Å². The fourth-order valence-electron chi connectivity index (χ4n) is 2.85. The normalized spacial score (nSPS) is 25.9. The highest BCUT2D eigenvalue weighted by Crippen LogP contribution is 2.32. The number of nitrogens with zero attached hydrogens (tertiary/aromatic N) is 1. The number of carbonyl (C=O) groups excluding carboxylic acids is 1. The topological polar surface area (TPSA) is 69.6 Å². The van der Waals surface area contributed by atoms with Crippen LogP contribution in [0.3, 0.4) is 0 Å². The van der Waals surface area contributed by atoms with Crippen molar-refractivity contribution in [2.45, 2.75) is 52.0 Å². The monoisotopic (exact) mass is 282 g/mol. The van der Waals surface area contributed by atoms with Crippen LogP contribution in [0.15, 0.2) is 12.2 Å². The smallest absolute Gasteiger partial charge is 0.329 e. The Balaban J connectivity index is 2.82. The molecular formula is C15H26N2O3. The van der Waals surface area contributed by atoms with Gasteiger partial charge in [0, 0.05) is 13.1 Å². The van der Waals surface area contributed by atoms with Crippen LogP contribution in [0.2, 0.25) is 0 Å². The van der Waals surface area contributed by atoms with Gasteiger partial charge in [0.25, 0.3) is 0 Å². The number of rotatable bonds is 5. The Kier molecular flexibility index (Phi) is 5.60. The molecule has 0 spiro atoms. The zero-order valence-corrected chi connectivity index (χ0v) is 12.7. The highest BCUT2D eigenvalue weighted by Gasteiger charge is 2.43. The first kappa shape index (κ1) is 16.5. The molecule has 0 aromatic rings. The minimum Gasteiger partial charge on any atom is -0.480 e. The summed E-state index contributed by atoms with van der Waals surface area (Å²) in [5.74, 6) is -0.611. The molecular weight excluding hydrogens is 256 g/mol. The average Bonchev–Trinajstić information content (AvgIpc) is 2.35. The molecule has 1 aliphatic carbocycles.